The molecule has 0 fully saturated rings. The zero-order valence-corrected chi connectivity index (χ0v) is 34.3. The van der Waals surface area contributed by atoms with E-state index in [0.717, 1.165) is 69.1 Å². The number of hydrogen-bond acceptors (Lipinski definition) is 9. The molecule has 2 atom stereocenters. The number of anilines is 1. The number of aromatic nitrogens is 1. The molecule has 0 saturated carbocycles. The molecule has 57 heavy (non-hydrogen) atoms. The Morgan fingerprint density at radius 2 is 1.26 bits per heavy atom. The van der Waals surface area contributed by atoms with Crippen molar-refractivity contribution >= 4 is 86.9 Å². The van der Waals surface area contributed by atoms with Crippen LogP contribution >= 0.6 is 23.1 Å². The van der Waals surface area contributed by atoms with Crippen molar-refractivity contribution in [1.29, 1.82) is 0 Å². The minimum absolute atomic E-state index is 0.264. The van der Waals surface area contributed by atoms with Crippen LogP contribution in [0.5, 0.6) is 0 Å². The molecule has 1 aliphatic heterocycles. The lowest BCUT2D eigenvalue weighted by Gasteiger charge is -2.28. The van der Waals surface area contributed by atoms with Gasteiger partial charge in [-0.3, -0.25) is 0 Å². The van der Waals surface area contributed by atoms with Gasteiger partial charge in [-0.1, -0.05) is 145 Å². The van der Waals surface area contributed by atoms with Crippen LogP contribution in [0.15, 0.2) is 155 Å². The molecule has 0 saturated heterocycles. The fraction of sp³-hybridized carbons (Fsp3) is 0.178. The quantitative estimate of drug-likeness (QED) is 0.0833. The number of rotatable bonds is 13. The summed E-state index contributed by atoms with van der Waals surface area (Å²) in [6.07, 6.45) is 4.92. The zero-order valence-electron chi connectivity index (χ0n) is 31.0. The van der Waals surface area contributed by atoms with Crippen LogP contribution in [-0.2, 0) is 26.8 Å². The monoisotopic (exact) mass is 831 g/mol. The second-order valence-corrected chi connectivity index (χ2v) is 19.3. The van der Waals surface area contributed by atoms with Gasteiger partial charge in [-0.25, -0.2) is 16.8 Å². The van der Waals surface area contributed by atoms with Crippen molar-refractivity contribution in [3.05, 3.63) is 166 Å². The Morgan fingerprint density at radius 3 is 1.91 bits per heavy atom. The molecular weight excluding hydrogens is 793 g/mol. The molecule has 8 rings (SSSR count). The van der Waals surface area contributed by atoms with Gasteiger partial charge < -0.3 is 14.0 Å². The average molecular weight is 832 g/mol. The van der Waals surface area contributed by atoms with Crippen LogP contribution in [0.1, 0.15) is 41.3 Å². The standard InChI is InChI=1S/C45H40N2O6S4/c1-2-31(25-42-46(27-36(29-56(48,49)50)32-13-5-3-6-14-32)44-38-19-11-9-17-34(38)21-23-40(44)54-42)26-43-47(28-37(30-57(51,52)53)33-15-7-4-8-16-33)45-39-20-12-10-18-35(39)22-24-41(45)55-43/h3-26,36-37H,2,27-30H2,1H3,(H-,48,49,50,51,52,53)/p-1. The number of thioether (sulfide) groups is 1. The third-order valence-electron chi connectivity index (χ3n) is 10.4. The van der Waals surface area contributed by atoms with Gasteiger partial charge in [0.2, 0.25) is 5.52 Å². The van der Waals surface area contributed by atoms with E-state index in [4.69, 9.17) is 0 Å². The highest BCUT2D eigenvalue weighted by Crippen LogP contribution is 2.51. The van der Waals surface area contributed by atoms with E-state index in [1.807, 2.05) is 84.9 Å². The smallest absolute Gasteiger partial charge is 0.263 e. The molecule has 1 aliphatic rings. The normalized spacial score (nSPS) is 15.5. The van der Waals surface area contributed by atoms with E-state index in [1.54, 1.807) is 23.1 Å². The van der Waals surface area contributed by atoms with Gasteiger partial charge in [-0.05, 0) is 58.2 Å². The molecule has 0 spiro atoms. The second-order valence-electron chi connectivity index (χ2n) is 14.2. The van der Waals surface area contributed by atoms with Crippen molar-refractivity contribution in [2.75, 3.05) is 23.0 Å². The Kier molecular flexibility index (Phi) is 11.1. The van der Waals surface area contributed by atoms with Gasteiger partial charge in [-0.2, -0.15) is 4.57 Å². The van der Waals surface area contributed by atoms with Crippen LogP contribution in [-0.4, -0.2) is 44.0 Å². The number of hydrogen-bond donors (Lipinski definition) is 0. The molecule has 12 heteroatoms. The lowest BCUT2D eigenvalue weighted by atomic mass is 9.99. The summed E-state index contributed by atoms with van der Waals surface area (Å²) in [5.41, 5.74) is 4.47. The third-order valence-corrected chi connectivity index (χ3v) is 14.2. The fourth-order valence-corrected chi connectivity index (χ4v) is 11.7. The van der Waals surface area contributed by atoms with Crippen LogP contribution in [0.25, 0.3) is 37.8 Å². The topological polar surface area (TPSA) is 122 Å². The zero-order chi connectivity index (χ0) is 39.7. The van der Waals surface area contributed by atoms with Crippen molar-refractivity contribution in [3.63, 3.8) is 0 Å². The van der Waals surface area contributed by atoms with Gasteiger partial charge in [-0.15, -0.1) is 0 Å². The molecule has 2 unspecified atom stereocenters. The van der Waals surface area contributed by atoms with E-state index in [0.29, 0.717) is 6.42 Å². The molecule has 0 radical (unpaired) electrons. The van der Waals surface area contributed by atoms with E-state index < -0.39 is 43.6 Å². The molecule has 6 aromatic carbocycles. The Hall–Kier alpha value is -4.82. The van der Waals surface area contributed by atoms with E-state index >= 15 is 0 Å². The van der Waals surface area contributed by atoms with Crippen LogP contribution in [0, 0.1) is 0 Å². The lowest BCUT2D eigenvalue weighted by Crippen LogP contribution is -2.40. The Balaban J connectivity index is 1.28. The van der Waals surface area contributed by atoms with Crippen molar-refractivity contribution in [2.45, 2.75) is 36.6 Å². The van der Waals surface area contributed by atoms with Gasteiger partial charge in [0.25, 0.3) is 5.01 Å². The maximum Gasteiger partial charge on any atom is 0.263 e. The molecule has 2 heterocycles. The molecule has 0 N–H and O–H groups in total. The highest BCUT2D eigenvalue weighted by molar-refractivity contribution is 8.03. The van der Waals surface area contributed by atoms with E-state index in [9.17, 15) is 25.9 Å². The molecule has 7 aromatic rings. The maximum atomic E-state index is 12.3. The van der Waals surface area contributed by atoms with Crippen molar-refractivity contribution < 1.29 is 30.5 Å². The minimum Gasteiger partial charge on any atom is -0.748 e. The predicted molar refractivity (Wildman–Crippen MR) is 231 cm³/mol. The van der Waals surface area contributed by atoms with Crippen LogP contribution < -0.4 is 9.47 Å². The minimum atomic E-state index is -4.57. The van der Waals surface area contributed by atoms with E-state index in [-0.39, 0.29) is 13.1 Å². The largest absolute Gasteiger partial charge is 0.748 e. The first-order valence-electron chi connectivity index (χ1n) is 18.6. The first-order chi connectivity index (χ1) is 27.4. The van der Waals surface area contributed by atoms with Crippen molar-refractivity contribution in [3.8, 4) is 0 Å². The molecule has 8 nitrogen and oxygen atoms in total. The second kappa shape index (κ2) is 16.2. The lowest BCUT2D eigenvalue weighted by molar-refractivity contribution is -0.670. The van der Waals surface area contributed by atoms with Gasteiger partial charge in [0.1, 0.15) is 4.70 Å². The predicted octanol–water partition coefficient (Wildman–Crippen LogP) is 9.40. The summed E-state index contributed by atoms with van der Waals surface area (Å²) in [4.78, 5) is 3.19. The Bertz CT molecular complexity index is 2890. The molecule has 290 valence electrons. The van der Waals surface area contributed by atoms with Gasteiger partial charge in [0, 0.05) is 34.6 Å². The molecular formula is C45H39N2O6S4-. The van der Waals surface area contributed by atoms with Crippen LogP contribution in [0.4, 0.5) is 5.69 Å². The highest BCUT2D eigenvalue weighted by atomic mass is 32.2. The number of allylic oxidation sites excluding steroid dienone is 2. The first kappa shape index (κ1) is 39.0. The third kappa shape index (κ3) is 8.72. The van der Waals surface area contributed by atoms with Crippen LogP contribution in [0.3, 0.4) is 0 Å². The van der Waals surface area contributed by atoms with Crippen LogP contribution in [0.2, 0.25) is 0 Å². The van der Waals surface area contributed by atoms with Gasteiger partial charge >= 0.3 is 0 Å². The average Bonchev–Trinajstić information content (AvgIpc) is 3.73. The summed E-state index contributed by atoms with van der Waals surface area (Å²) in [7, 11) is -9.13. The summed E-state index contributed by atoms with van der Waals surface area (Å²) in [5, 5.41) is 5.95. The summed E-state index contributed by atoms with van der Waals surface area (Å²) in [6.45, 7) is 2.61. The molecule has 0 aliphatic carbocycles. The summed E-state index contributed by atoms with van der Waals surface area (Å²) in [6, 6.07) is 43.2. The Morgan fingerprint density at radius 1 is 0.702 bits per heavy atom. The van der Waals surface area contributed by atoms with E-state index in [1.165, 1.54) is 0 Å². The summed E-state index contributed by atoms with van der Waals surface area (Å²) < 4.78 is 77.2. The SMILES string of the molecule is CCC(=Cc1sc2ccc3ccccc3c2[n+]1CC(CS(=O)(=O)[O-])c1ccccc1)C=C1Sc2ccc3ccccc3c2N1CC(CS(=O)(=O)[O-])c1ccccc1. The highest BCUT2D eigenvalue weighted by Gasteiger charge is 2.32. The number of benzene rings is 6. The fourth-order valence-electron chi connectivity index (χ4n) is 7.78. The Labute approximate surface area is 341 Å². The molecule has 0 amide bonds. The maximum absolute atomic E-state index is 12.3. The summed E-state index contributed by atoms with van der Waals surface area (Å²) >= 11 is 3.22. The van der Waals surface area contributed by atoms with Gasteiger partial charge in [0.15, 0.2) is 6.54 Å². The number of fused-ring (bicyclic) bond motifs is 6. The summed E-state index contributed by atoms with van der Waals surface area (Å²) in [5.74, 6) is -2.28. The van der Waals surface area contributed by atoms with Crippen molar-refractivity contribution in [1.82, 2.24) is 0 Å². The molecule has 0 bridgehead atoms. The molecule has 1 aromatic heterocycles. The first-order valence-corrected chi connectivity index (χ1v) is 23.4. The van der Waals surface area contributed by atoms with E-state index in [2.05, 4.69) is 77.1 Å². The number of nitrogens with zero attached hydrogens (tertiary/aromatic N) is 2. The van der Waals surface area contributed by atoms with Crippen molar-refractivity contribution in [2.24, 2.45) is 0 Å². The van der Waals surface area contributed by atoms with Gasteiger partial charge in [0.05, 0.1) is 48.0 Å². The number of thiazole rings is 1.